The smallest absolute Gasteiger partial charge is 0.225 e. The van der Waals surface area contributed by atoms with Gasteiger partial charge in [0.05, 0.1) is 0 Å². The maximum atomic E-state index is 13.9. The highest BCUT2D eigenvalue weighted by molar-refractivity contribution is 14.0. The van der Waals surface area contributed by atoms with Crippen LogP contribution < -0.4 is 10.6 Å². The number of nitrogens with zero attached hydrogens (tertiary/aromatic N) is 2. The number of halogens is 3. The Labute approximate surface area is 194 Å². The highest BCUT2D eigenvalue weighted by Crippen LogP contribution is 2.26. The molecule has 2 aliphatic rings. The number of guanidine groups is 1. The first-order chi connectivity index (χ1) is 13.6. The molecule has 1 aliphatic heterocycles. The molecule has 1 saturated carbocycles. The molecule has 2 fully saturated rings. The fourth-order valence-corrected chi connectivity index (χ4v) is 4.41. The predicted octanol–water partition coefficient (Wildman–Crippen LogP) is 3.99. The van der Waals surface area contributed by atoms with E-state index in [1.807, 2.05) is 4.90 Å². The molecule has 8 heteroatoms. The Bertz CT molecular complexity index is 692. The Balaban J connectivity index is 0.00000300. The van der Waals surface area contributed by atoms with Gasteiger partial charge in [-0.3, -0.25) is 9.79 Å². The third-order valence-electron chi connectivity index (χ3n) is 5.75. The van der Waals surface area contributed by atoms with Crippen molar-refractivity contribution in [2.75, 3.05) is 26.7 Å². The molecule has 0 bridgehead atoms. The van der Waals surface area contributed by atoms with Crippen molar-refractivity contribution in [1.29, 1.82) is 0 Å². The van der Waals surface area contributed by atoms with Gasteiger partial charge in [0, 0.05) is 49.2 Å². The minimum absolute atomic E-state index is 0. The number of hydrogen-bond acceptors (Lipinski definition) is 2. The lowest BCUT2D eigenvalue weighted by Gasteiger charge is -2.26. The van der Waals surface area contributed by atoms with E-state index in [0.29, 0.717) is 35.4 Å². The van der Waals surface area contributed by atoms with Crippen molar-refractivity contribution in [2.24, 2.45) is 10.9 Å². The fraction of sp³-hybridized carbons (Fsp3) is 0.619. The quantitative estimate of drug-likeness (QED) is 0.340. The Morgan fingerprint density at radius 3 is 2.72 bits per heavy atom. The van der Waals surface area contributed by atoms with Crippen molar-refractivity contribution in [3.05, 3.63) is 34.6 Å². The van der Waals surface area contributed by atoms with E-state index < -0.39 is 0 Å². The van der Waals surface area contributed by atoms with Crippen LogP contribution in [-0.2, 0) is 11.2 Å². The summed E-state index contributed by atoms with van der Waals surface area (Å²) in [5, 5.41) is 7.05. The summed E-state index contributed by atoms with van der Waals surface area (Å²) < 4.78 is 13.9. The fourth-order valence-electron chi connectivity index (χ4n) is 4.15. The van der Waals surface area contributed by atoms with Crippen LogP contribution in [0.2, 0.25) is 5.02 Å². The molecule has 3 rings (SSSR count). The van der Waals surface area contributed by atoms with Gasteiger partial charge in [0.1, 0.15) is 5.82 Å². The second-order valence-electron chi connectivity index (χ2n) is 7.70. The average molecular weight is 537 g/mol. The number of nitrogens with one attached hydrogen (secondary N) is 2. The summed E-state index contributed by atoms with van der Waals surface area (Å²) in [4.78, 5) is 18.9. The first kappa shape index (κ1) is 24.2. The van der Waals surface area contributed by atoms with Gasteiger partial charge in [0.2, 0.25) is 5.91 Å². The van der Waals surface area contributed by atoms with Crippen LogP contribution in [0, 0.1) is 11.7 Å². The molecule has 0 radical (unpaired) electrons. The third-order valence-corrected chi connectivity index (χ3v) is 6.10. The molecule has 1 heterocycles. The van der Waals surface area contributed by atoms with E-state index in [2.05, 4.69) is 15.6 Å². The number of rotatable bonds is 5. The minimum atomic E-state index is -0.287. The summed E-state index contributed by atoms with van der Waals surface area (Å²) in [6.45, 7) is 2.04. The van der Waals surface area contributed by atoms with Crippen LogP contribution in [0.4, 0.5) is 4.39 Å². The lowest BCUT2D eigenvalue weighted by Crippen LogP contribution is -2.46. The van der Waals surface area contributed by atoms with Gasteiger partial charge >= 0.3 is 0 Å². The lowest BCUT2D eigenvalue weighted by atomic mass is 9.88. The number of hydrogen-bond donors (Lipinski definition) is 2. The van der Waals surface area contributed by atoms with Crippen LogP contribution in [-0.4, -0.2) is 49.5 Å². The average Bonchev–Trinajstić information content (AvgIpc) is 3.18. The number of carbonyl (C=O) groups is 1. The molecule has 1 unspecified atom stereocenters. The predicted molar refractivity (Wildman–Crippen MR) is 127 cm³/mol. The molecule has 0 aromatic heterocycles. The molecule has 1 aromatic carbocycles. The molecule has 29 heavy (non-hydrogen) atoms. The minimum Gasteiger partial charge on any atom is -0.356 e. The standard InChI is InChI=1S/C21H30ClFN4O.HI/c1-24-21(25-12-10-17-18(22)8-5-9-19(17)23)26-16-11-13-27(14-16)20(28)15-6-3-2-4-7-15;/h5,8-9,15-16H,2-4,6-7,10-14H2,1H3,(H2,24,25,26);1H. The molecule has 2 N–H and O–H groups in total. The van der Waals surface area contributed by atoms with Crippen molar-refractivity contribution in [2.45, 2.75) is 51.0 Å². The molecular formula is C21H31ClFIN4O. The van der Waals surface area contributed by atoms with Crippen molar-refractivity contribution in [1.82, 2.24) is 15.5 Å². The van der Waals surface area contributed by atoms with Gasteiger partial charge in [-0.25, -0.2) is 4.39 Å². The number of carbonyl (C=O) groups excluding carboxylic acids is 1. The Kier molecular flexibility index (Phi) is 9.95. The van der Waals surface area contributed by atoms with Crippen molar-refractivity contribution in [3.8, 4) is 0 Å². The Morgan fingerprint density at radius 1 is 1.28 bits per heavy atom. The second kappa shape index (κ2) is 11.9. The normalized spacial score (nSPS) is 20.3. The van der Waals surface area contributed by atoms with E-state index in [9.17, 15) is 9.18 Å². The first-order valence-corrected chi connectivity index (χ1v) is 10.6. The molecule has 162 valence electrons. The van der Waals surface area contributed by atoms with Gasteiger partial charge in [0.25, 0.3) is 0 Å². The molecule has 1 saturated heterocycles. The van der Waals surface area contributed by atoms with E-state index in [0.717, 1.165) is 32.4 Å². The maximum Gasteiger partial charge on any atom is 0.225 e. The molecule has 0 spiro atoms. The number of amides is 1. The molecule has 1 amide bonds. The van der Waals surface area contributed by atoms with E-state index >= 15 is 0 Å². The molecule has 5 nitrogen and oxygen atoms in total. The zero-order valence-electron chi connectivity index (χ0n) is 16.9. The van der Waals surface area contributed by atoms with Crippen molar-refractivity contribution < 1.29 is 9.18 Å². The van der Waals surface area contributed by atoms with Gasteiger partial charge < -0.3 is 15.5 Å². The monoisotopic (exact) mass is 536 g/mol. The zero-order valence-corrected chi connectivity index (χ0v) is 20.0. The van der Waals surface area contributed by atoms with Gasteiger partial charge in [-0.2, -0.15) is 0 Å². The molecule has 1 atom stereocenters. The van der Waals surface area contributed by atoms with E-state index in [1.54, 1.807) is 19.2 Å². The Hall–Kier alpha value is -1.09. The van der Waals surface area contributed by atoms with Gasteiger partial charge in [-0.05, 0) is 37.8 Å². The summed E-state index contributed by atoms with van der Waals surface area (Å²) in [5.74, 6) is 0.922. The van der Waals surface area contributed by atoms with Crippen LogP contribution in [0.15, 0.2) is 23.2 Å². The number of aliphatic imine (C=N–C) groups is 1. The SMILES string of the molecule is CN=C(NCCc1c(F)cccc1Cl)NC1CCN(C(=O)C2CCCCC2)C1.I. The number of benzene rings is 1. The lowest BCUT2D eigenvalue weighted by molar-refractivity contribution is -0.135. The second-order valence-corrected chi connectivity index (χ2v) is 8.11. The van der Waals surface area contributed by atoms with Gasteiger partial charge in [-0.1, -0.05) is 36.9 Å². The molecular weight excluding hydrogens is 506 g/mol. The van der Waals surface area contributed by atoms with Crippen LogP contribution in [0.5, 0.6) is 0 Å². The van der Waals surface area contributed by atoms with Crippen molar-refractivity contribution >= 4 is 47.4 Å². The van der Waals surface area contributed by atoms with E-state index in [-0.39, 0.29) is 41.8 Å². The summed E-state index contributed by atoms with van der Waals surface area (Å²) in [6.07, 6.45) is 7.07. The summed E-state index contributed by atoms with van der Waals surface area (Å²) in [6, 6.07) is 4.92. The van der Waals surface area contributed by atoms with E-state index in [1.165, 1.54) is 25.3 Å². The third kappa shape index (κ3) is 6.70. The summed E-state index contributed by atoms with van der Waals surface area (Å²) >= 11 is 6.07. The van der Waals surface area contributed by atoms with Gasteiger partial charge in [-0.15, -0.1) is 24.0 Å². The van der Waals surface area contributed by atoms with Crippen LogP contribution >= 0.6 is 35.6 Å². The Morgan fingerprint density at radius 2 is 2.03 bits per heavy atom. The molecule has 1 aromatic rings. The highest BCUT2D eigenvalue weighted by Gasteiger charge is 2.31. The maximum absolute atomic E-state index is 13.9. The van der Waals surface area contributed by atoms with Crippen molar-refractivity contribution in [3.63, 3.8) is 0 Å². The number of likely N-dealkylation sites (tertiary alicyclic amines) is 1. The zero-order chi connectivity index (χ0) is 19.9. The highest BCUT2D eigenvalue weighted by atomic mass is 127. The topological polar surface area (TPSA) is 56.7 Å². The van der Waals surface area contributed by atoms with Gasteiger partial charge in [0.15, 0.2) is 5.96 Å². The first-order valence-electron chi connectivity index (χ1n) is 10.3. The van der Waals surface area contributed by atoms with Crippen LogP contribution in [0.3, 0.4) is 0 Å². The van der Waals surface area contributed by atoms with E-state index in [4.69, 9.17) is 11.6 Å². The summed E-state index contributed by atoms with van der Waals surface area (Å²) in [7, 11) is 1.71. The largest absolute Gasteiger partial charge is 0.356 e. The van der Waals surface area contributed by atoms with Crippen LogP contribution in [0.25, 0.3) is 0 Å². The summed E-state index contributed by atoms with van der Waals surface area (Å²) in [5.41, 5.74) is 0.511. The molecule has 1 aliphatic carbocycles. The van der Waals surface area contributed by atoms with Crippen LogP contribution in [0.1, 0.15) is 44.1 Å².